The van der Waals surface area contributed by atoms with Gasteiger partial charge in [0.25, 0.3) is 0 Å². The van der Waals surface area contributed by atoms with E-state index < -0.39 is 0 Å². The van der Waals surface area contributed by atoms with Crippen molar-refractivity contribution in [1.29, 1.82) is 0 Å². The molecule has 0 aliphatic heterocycles. The van der Waals surface area contributed by atoms with E-state index in [2.05, 4.69) is 53.4 Å². The van der Waals surface area contributed by atoms with E-state index in [4.69, 9.17) is 0 Å². The van der Waals surface area contributed by atoms with Gasteiger partial charge in [0.2, 0.25) is 0 Å². The van der Waals surface area contributed by atoms with E-state index >= 15 is 0 Å². The summed E-state index contributed by atoms with van der Waals surface area (Å²) in [6.45, 7) is 6.93. The molecule has 0 unspecified atom stereocenters. The lowest BCUT2D eigenvalue weighted by Gasteiger charge is -2.06. The molecule has 0 saturated heterocycles. The van der Waals surface area contributed by atoms with Gasteiger partial charge in [0, 0.05) is 17.5 Å². The van der Waals surface area contributed by atoms with Crippen LogP contribution in [-0.4, -0.2) is 16.5 Å². The molecule has 1 aromatic heterocycles. The van der Waals surface area contributed by atoms with Crippen LogP contribution in [0.4, 0.5) is 5.82 Å². The van der Waals surface area contributed by atoms with Crippen molar-refractivity contribution in [1.82, 2.24) is 9.97 Å². The van der Waals surface area contributed by atoms with Crippen molar-refractivity contribution >= 4 is 17.6 Å². The summed E-state index contributed by atoms with van der Waals surface area (Å²) in [6.07, 6.45) is 0. The number of hydrogen-bond acceptors (Lipinski definition) is 4. The molecular weight excluding hydrogens is 242 g/mol. The van der Waals surface area contributed by atoms with Crippen molar-refractivity contribution in [2.45, 2.75) is 30.7 Å². The highest BCUT2D eigenvalue weighted by Crippen LogP contribution is 2.27. The largest absolute Gasteiger partial charge is 0.370 e. The lowest BCUT2D eigenvalue weighted by molar-refractivity contribution is 0.960. The summed E-state index contributed by atoms with van der Waals surface area (Å²) in [7, 11) is 0. The van der Waals surface area contributed by atoms with E-state index in [9.17, 15) is 0 Å². The van der Waals surface area contributed by atoms with Crippen LogP contribution in [0.25, 0.3) is 0 Å². The molecular formula is C14H17N3S. The van der Waals surface area contributed by atoms with E-state index in [1.807, 2.05) is 13.0 Å². The Balaban J connectivity index is 2.20. The van der Waals surface area contributed by atoms with E-state index in [-0.39, 0.29) is 0 Å². The van der Waals surface area contributed by atoms with E-state index in [0.29, 0.717) is 0 Å². The topological polar surface area (TPSA) is 37.8 Å². The zero-order valence-electron chi connectivity index (χ0n) is 10.9. The molecule has 0 radical (unpaired) electrons. The van der Waals surface area contributed by atoms with Gasteiger partial charge in [0.15, 0.2) is 0 Å². The fraction of sp³-hybridized carbons (Fsp3) is 0.286. The lowest BCUT2D eigenvalue weighted by atomic mass is 10.2. The zero-order valence-corrected chi connectivity index (χ0v) is 11.7. The van der Waals surface area contributed by atoms with Crippen LogP contribution >= 0.6 is 11.8 Å². The third kappa shape index (κ3) is 3.47. The van der Waals surface area contributed by atoms with Crippen molar-refractivity contribution in [2.75, 3.05) is 11.9 Å². The molecule has 94 valence electrons. The van der Waals surface area contributed by atoms with E-state index in [1.165, 1.54) is 10.5 Å². The van der Waals surface area contributed by atoms with Gasteiger partial charge in [-0.1, -0.05) is 29.5 Å². The summed E-state index contributed by atoms with van der Waals surface area (Å²) in [4.78, 5) is 9.98. The first-order valence-corrected chi connectivity index (χ1v) is 6.83. The van der Waals surface area contributed by atoms with Crippen LogP contribution in [-0.2, 0) is 0 Å². The highest BCUT2D eigenvalue weighted by Gasteiger charge is 2.03. The quantitative estimate of drug-likeness (QED) is 0.850. The fourth-order valence-electron chi connectivity index (χ4n) is 1.59. The molecule has 4 heteroatoms. The normalized spacial score (nSPS) is 10.4. The van der Waals surface area contributed by atoms with Crippen LogP contribution in [0, 0.1) is 13.8 Å². The van der Waals surface area contributed by atoms with Gasteiger partial charge >= 0.3 is 0 Å². The second kappa shape index (κ2) is 5.87. The molecule has 0 aliphatic carbocycles. The monoisotopic (exact) mass is 259 g/mol. The lowest BCUT2D eigenvalue weighted by Crippen LogP contribution is -2.02. The Hall–Kier alpha value is -1.55. The number of aryl methyl sites for hydroxylation is 2. The van der Waals surface area contributed by atoms with E-state index in [0.717, 1.165) is 23.2 Å². The summed E-state index contributed by atoms with van der Waals surface area (Å²) in [5, 5.41) is 4.19. The highest BCUT2D eigenvalue weighted by atomic mass is 32.2. The summed E-state index contributed by atoms with van der Waals surface area (Å²) >= 11 is 1.66. The Bertz CT molecular complexity index is 523. The summed E-state index contributed by atoms with van der Waals surface area (Å²) < 4.78 is 0. The van der Waals surface area contributed by atoms with Crippen LogP contribution in [0.5, 0.6) is 0 Å². The Kier molecular flexibility index (Phi) is 4.20. The third-order valence-corrected chi connectivity index (χ3v) is 3.34. The fourth-order valence-corrected chi connectivity index (χ4v) is 2.45. The summed E-state index contributed by atoms with van der Waals surface area (Å²) in [6, 6.07) is 10.4. The predicted octanol–water partition coefficient (Wildman–Crippen LogP) is 3.68. The minimum atomic E-state index is 0.795. The number of anilines is 1. The van der Waals surface area contributed by atoms with E-state index in [1.54, 1.807) is 11.8 Å². The second-order valence-corrected chi connectivity index (χ2v) is 5.18. The van der Waals surface area contributed by atoms with Crippen LogP contribution in [0.15, 0.2) is 40.3 Å². The molecule has 0 bridgehead atoms. The van der Waals surface area contributed by atoms with Crippen LogP contribution < -0.4 is 5.32 Å². The van der Waals surface area contributed by atoms with Gasteiger partial charge < -0.3 is 5.32 Å². The molecule has 0 amide bonds. The minimum absolute atomic E-state index is 0.795. The first-order chi connectivity index (χ1) is 8.67. The Morgan fingerprint density at radius 2 is 1.83 bits per heavy atom. The maximum absolute atomic E-state index is 4.45. The second-order valence-electron chi connectivity index (χ2n) is 4.08. The number of rotatable bonds is 4. The molecule has 0 aliphatic rings. The molecule has 0 saturated carbocycles. The van der Waals surface area contributed by atoms with Gasteiger partial charge in [-0.05, 0) is 32.9 Å². The Morgan fingerprint density at radius 1 is 1.11 bits per heavy atom. The van der Waals surface area contributed by atoms with Crippen LogP contribution in [0.2, 0.25) is 0 Å². The Morgan fingerprint density at radius 3 is 2.50 bits per heavy atom. The van der Waals surface area contributed by atoms with Crippen molar-refractivity contribution in [2.24, 2.45) is 0 Å². The molecule has 2 aromatic rings. The van der Waals surface area contributed by atoms with Gasteiger partial charge in [-0.25, -0.2) is 9.97 Å². The third-order valence-electron chi connectivity index (χ3n) is 2.42. The van der Waals surface area contributed by atoms with Crippen molar-refractivity contribution in [3.63, 3.8) is 0 Å². The smallest absolute Gasteiger partial charge is 0.130 e. The van der Waals surface area contributed by atoms with Gasteiger partial charge in [0.1, 0.15) is 16.7 Å². The van der Waals surface area contributed by atoms with Crippen molar-refractivity contribution in [3.8, 4) is 0 Å². The molecule has 1 aromatic carbocycles. The molecule has 18 heavy (non-hydrogen) atoms. The predicted molar refractivity (Wildman–Crippen MR) is 76.2 cm³/mol. The zero-order chi connectivity index (χ0) is 13.0. The summed E-state index contributed by atoms with van der Waals surface area (Å²) in [5.41, 5.74) is 1.27. The standard InChI is InChI=1S/C14H17N3S/c1-4-15-13-9-14(17-11(3)16-13)18-12-7-5-10(2)6-8-12/h5-9H,4H2,1-3H3,(H,15,16,17). The molecule has 1 N–H and O–H groups in total. The Labute approximate surface area is 112 Å². The summed E-state index contributed by atoms with van der Waals surface area (Å²) in [5.74, 6) is 1.68. The number of aromatic nitrogens is 2. The maximum atomic E-state index is 4.45. The molecule has 0 fully saturated rings. The molecule has 3 nitrogen and oxygen atoms in total. The number of hydrogen-bond donors (Lipinski definition) is 1. The molecule has 0 spiro atoms. The van der Waals surface area contributed by atoms with Crippen LogP contribution in [0.1, 0.15) is 18.3 Å². The number of nitrogens with zero attached hydrogens (tertiary/aromatic N) is 2. The van der Waals surface area contributed by atoms with Gasteiger partial charge in [-0.3, -0.25) is 0 Å². The number of benzene rings is 1. The SMILES string of the molecule is CCNc1cc(Sc2ccc(C)cc2)nc(C)n1. The molecule has 0 atom stereocenters. The highest BCUT2D eigenvalue weighted by molar-refractivity contribution is 7.99. The molecule has 1 heterocycles. The first kappa shape index (κ1) is 12.9. The van der Waals surface area contributed by atoms with Crippen molar-refractivity contribution < 1.29 is 0 Å². The first-order valence-electron chi connectivity index (χ1n) is 6.01. The van der Waals surface area contributed by atoms with Crippen molar-refractivity contribution in [3.05, 3.63) is 41.7 Å². The van der Waals surface area contributed by atoms with Gasteiger partial charge in [-0.2, -0.15) is 0 Å². The number of nitrogens with one attached hydrogen (secondary N) is 1. The van der Waals surface area contributed by atoms with Crippen LogP contribution in [0.3, 0.4) is 0 Å². The average molecular weight is 259 g/mol. The van der Waals surface area contributed by atoms with Gasteiger partial charge in [0.05, 0.1) is 0 Å². The maximum Gasteiger partial charge on any atom is 0.130 e. The molecule has 2 rings (SSSR count). The van der Waals surface area contributed by atoms with Gasteiger partial charge in [-0.15, -0.1) is 0 Å². The average Bonchev–Trinajstić information content (AvgIpc) is 2.32. The minimum Gasteiger partial charge on any atom is -0.370 e.